The van der Waals surface area contributed by atoms with Crippen LogP contribution < -0.4 is 9.47 Å². The Labute approximate surface area is 121 Å². The maximum atomic E-state index is 9.46. The Morgan fingerprint density at radius 2 is 1.95 bits per heavy atom. The summed E-state index contributed by atoms with van der Waals surface area (Å²) in [5, 5.41) is 9.46. The highest BCUT2D eigenvalue weighted by Crippen LogP contribution is 2.41. The SMILES string of the molecule is N#CC(c1cc(Br)c2c(c1)OCCO2)N1CCCC1. The number of nitrogens with zero attached hydrogens (tertiary/aromatic N) is 2. The van der Waals surface area contributed by atoms with Crippen LogP contribution in [0.4, 0.5) is 0 Å². The first-order valence-corrected chi connectivity index (χ1v) is 7.31. The molecule has 1 unspecified atom stereocenters. The zero-order valence-electron chi connectivity index (χ0n) is 10.6. The molecule has 2 aliphatic rings. The van der Waals surface area contributed by atoms with Gasteiger partial charge in [0.1, 0.15) is 19.3 Å². The van der Waals surface area contributed by atoms with Gasteiger partial charge < -0.3 is 9.47 Å². The number of nitriles is 1. The third-order valence-corrected chi connectivity index (χ3v) is 4.15. The Kier molecular flexibility index (Phi) is 3.63. The van der Waals surface area contributed by atoms with Crippen molar-refractivity contribution in [1.82, 2.24) is 4.90 Å². The maximum Gasteiger partial charge on any atom is 0.175 e. The molecule has 4 nitrogen and oxygen atoms in total. The van der Waals surface area contributed by atoms with E-state index in [-0.39, 0.29) is 6.04 Å². The number of rotatable bonds is 2. The molecular weight excluding hydrogens is 308 g/mol. The molecule has 1 fully saturated rings. The van der Waals surface area contributed by atoms with Gasteiger partial charge >= 0.3 is 0 Å². The van der Waals surface area contributed by atoms with Crippen molar-refractivity contribution in [3.63, 3.8) is 0 Å². The molecule has 0 saturated carbocycles. The highest BCUT2D eigenvalue weighted by Gasteiger charge is 2.26. The van der Waals surface area contributed by atoms with Crippen molar-refractivity contribution in [1.29, 1.82) is 5.26 Å². The molecule has 2 heterocycles. The largest absolute Gasteiger partial charge is 0.486 e. The van der Waals surface area contributed by atoms with E-state index in [1.165, 1.54) is 12.8 Å². The molecule has 1 aromatic carbocycles. The summed E-state index contributed by atoms with van der Waals surface area (Å²) in [6.07, 6.45) is 2.34. The number of ether oxygens (including phenoxy) is 2. The molecule has 0 aromatic heterocycles. The van der Waals surface area contributed by atoms with Crippen molar-refractivity contribution >= 4 is 15.9 Å². The molecule has 0 N–H and O–H groups in total. The van der Waals surface area contributed by atoms with Crippen LogP contribution in [-0.4, -0.2) is 31.2 Å². The molecular formula is C14H15BrN2O2. The van der Waals surface area contributed by atoms with Crippen LogP contribution in [0.15, 0.2) is 16.6 Å². The fraction of sp³-hybridized carbons (Fsp3) is 0.500. The molecule has 0 bridgehead atoms. The van der Waals surface area contributed by atoms with E-state index >= 15 is 0 Å². The van der Waals surface area contributed by atoms with Gasteiger partial charge in [0.25, 0.3) is 0 Å². The average molecular weight is 323 g/mol. The third-order valence-electron chi connectivity index (χ3n) is 3.56. The van der Waals surface area contributed by atoms with Crippen LogP contribution in [0.25, 0.3) is 0 Å². The summed E-state index contributed by atoms with van der Waals surface area (Å²) in [7, 11) is 0. The van der Waals surface area contributed by atoms with Crippen molar-refractivity contribution in [2.45, 2.75) is 18.9 Å². The molecule has 1 saturated heterocycles. The number of hydrogen-bond acceptors (Lipinski definition) is 4. The van der Waals surface area contributed by atoms with Crippen molar-refractivity contribution < 1.29 is 9.47 Å². The van der Waals surface area contributed by atoms with Crippen LogP contribution in [0.2, 0.25) is 0 Å². The van der Waals surface area contributed by atoms with Crippen LogP contribution in [0, 0.1) is 11.3 Å². The second-order valence-corrected chi connectivity index (χ2v) is 5.66. The van der Waals surface area contributed by atoms with Crippen LogP contribution in [0.3, 0.4) is 0 Å². The standard InChI is InChI=1S/C14H15BrN2O2/c15-11-7-10(8-13-14(11)19-6-5-18-13)12(9-16)17-3-1-2-4-17/h7-8,12H,1-6H2. The second-order valence-electron chi connectivity index (χ2n) is 4.80. The molecule has 19 heavy (non-hydrogen) atoms. The first kappa shape index (κ1) is 12.8. The maximum absolute atomic E-state index is 9.46. The molecule has 100 valence electrons. The summed E-state index contributed by atoms with van der Waals surface area (Å²) < 4.78 is 12.1. The van der Waals surface area contributed by atoms with Gasteiger partial charge in [-0.25, -0.2) is 0 Å². The molecule has 0 spiro atoms. The quantitative estimate of drug-likeness (QED) is 0.839. The van der Waals surface area contributed by atoms with Crippen molar-refractivity contribution in [2.75, 3.05) is 26.3 Å². The highest BCUT2D eigenvalue weighted by atomic mass is 79.9. The van der Waals surface area contributed by atoms with Gasteiger partial charge in [-0.15, -0.1) is 0 Å². The van der Waals surface area contributed by atoms with E-state index in [2.05, 4.69) is 26.9 Å². The monoisotopic (exact) mass is 322 g/mol. The lowest BCUT2D eigenvalue weighted by molar-refractivity contribution is 0.169. The summed E-state index contributed by atoms with van der Waals surface area (Å²) in [6.45, 7) is 3.11. The fourth-order valence-electron chi connectivity index (χ4n) is 2.66. The van der Waals surface area contributed by atoms with Gasteiger partial charge in [-0.2, -0.15) is 5.26 Å². The molecule has 5 heteroatoms. The van der Waals surface area contributed by atoms with Crippen LogP contribution in [-0.2, 0) is 0 Å². The van der Waals surface area contributed by atoms with Crippen molar-refractivity contribution in [2.24, 2.45) is 0 Å². The fourth-order valence-corrected chi connectivity index (χ4v) is 3.23. The minimum atomic E-state index is -0.199. The van der Waals surface area contributed by atoms with Crippen LogP contribution in [0.5, 0.6) is 11.5 Å². The minimum absolute atomic E-state index is 0.199. The smallest absolute Gasteiger partial charge is 0.175 e. The number of benzene rings is 1. The van der Waals surface area contributed by atoms with Gasteiger partial charge in [0.15, 0.2) is 11.5 Å². The summed E-state index contributed by atoms with van der Waals surface area (Å²) in [5.74, 6) is 1.48. The highest BCUT2D eigenvalue weighted by molar-refractivity contribution is 9.10. The Balaban J connectivity index is 1.95. The van der Waals surface area contributed by atoms with Gasteiger partial charge in [-0.05, 0) is 59.6 Å². The molecule has 2 aliphatic heterocycles. The number of hydrogen-bond donors (Lipinski definition) is 0. The lowest BCUT2D eigenvalue weighted by Gasteiger charge is -2.25. The van der Waals surface area contributed by atoms with Crippen molar-refractivity contribution in [3.8, 4) is 17.6 Å². The summed E-state index contributed by atoms with van der Waals surface area (Å²) in [6, 6.07) is 6.11. The Morgan fingerprint density at radius 1 is 1.21 bits per heavy atom. The summed E-state index contributed by atoms with van der Waals surface area (Å²) in [5.41, 5.74) is 0.973. The first-order valence-electron chi connectivity index (χ1n) is 6.52. The summed E-state index contributed by atoms with van der Waals surface area (Å²) in [4.78, 5) is 2.22. The minimum Gasteiger partial charge on any atom is -0.486 e. The molecule has 0 aliphatic carbocycles. The normalized spacial score (nSPS) is 20.0. The van der Waals surface area contributed by atoms with E-state index in [1.807, 2.05) is 12.1 Å². The van der Waals surface area contributed by atoms with Crippen LogP contribution >= 0.6 is 15.9 Å². The Morgan fingerprint density at radius 3 is 2.68 bits per heavy atom. The second kappa shape index (κ2) is 5.40. The predicted molar refractivity (Wildman–Crippen MR) is 74.3 cm³/mol. The lowest BCUT2D eigenvalue weighted by Crippen LogP contribution is -2.25. The van der Waals surface area contributed by atoms with E-state index < -0.39 is 0 Å². The van der Waals surface area contributed by atoms with Gasteiger partial charge in [0, 0.05) is 0 Å². The zero-order chi connectivity index (χ0) is 13.2. The van der Waals surface area contributed by atoms with Crippen molar-refractivity contribution in [3.05, 3.63) is 22.2 Å². The Hall–Kier alpha value is -1.25. The third kappa shape index (κ3) is 2.43. The topological polar surface area (TPSA) is 45.5 Å². The Bertz CT molecular complexity index is 521. The van der Waals surface area contributed by atoms with E-state index in [1.54, 1.807) is 0 Å². The number of likely N-dealkylation sites (tertiary alicyclic amines) is 1. The van der Waals surface area contributed by atoms with E-state index in [9.17, 15) is 5.26 Å². The molecule has 0 amide bonds. The number of fused-ring (bicyclic) bond motifs is 1. The number of halogens is 1. The van der Waals surface area contributed by atoms with Crippen LogP contribution in [0.1, 0.15) is 24.4 Å². The molecule has 3 rings (SSSR count). The lowest BCUT2D eigenvalue weighted by atomic mass is 10.1. The van der Waals surface area contributed by atoms with Gasteiger partial charge in [-0.1, -0.05) is 0 Å². The van der Waals surface area contributed by atoms with E-state index in [4.69, 9.17) is 9.47 Å². The van der Waals surface area contributed by atoms with Gasteiger partial charge in [-0.3, -0.25) is 4.90 Å². The molecule has 0 radical (unpaired) electrons. The van der Waals surface area contributed by atoms with E-state index in [0.717, 1.165) is 34.6 Å². The molecule has 1 aromatic rings. The van der Waals surface area contributed by atoms with Gasteiger partial charge in [0.05, 0.1) is 10.5 Å². The predicted octanol–water partition coefficient (Wildman–Crippen LogP) is 2.88. The summed E-state index contributed by atoms with van der Waals surface area (Å²) >= 11 is 3.51. The van der Waals surface area contributed by atoms with E-state index in [0.29, 0.717) is 13.2 Å². The molecule has 1 atom stereocenters. The first-order chi connectivity index (χ1) is 9.29. The average Bonchev–Trinajstić information content (AvgIpc) is 2.94. The zero-order valence-corrected chi connectivity index (χ0v) is 12.1. The van der Waals surface area contributed by atoms with Gasteiger partial charge in [0.2, 0.25) is 0 Å².